The Morgan fingerprint density at radius 1 is 0.859 bits per heavy atom. The van der Waals surface area contributed by atoms with E-state index in [0.717, 1.165) is 73.9 Å². The number of nitrogens with one attached hydrogen (secondary N) is 2. The van der Waals surface area contributed by atoms with Crippen molar-refractivity contribution in [3.05, 3.63) is 135 Å². The molecule has 2 aliphatic heterocycles. The number of carbonyl (C=O) groups is 3. The summed E-state index contributed by atoms with van der Waals surface area (Å²) in [6.07, 6.45) is 10.8. The molecule has 3 amide bonds. The molecule has 3 aromatic carbocycles. The molecule has 16 heteroatoms. The van der Waals surface area contributed by atoms with Crippen molar-refractivity contribution in [2.24, 2.45) is 5.92 Å². The normalized spacial score (nSPS) is 15.7. The number of nitriles is 1. The fourth-order valence-electron chi connectivity index (χ4n) is 8.14. The highest BCUT2D eigenvalue weighted by atomic mass is 16.5. The molecule has 2 N–H and O–H groups in total. The standard InChI is InChI=1S/C48H48N10O6/c49-25-34-7-4-9-36(23-34)41-13-16-45(61)57(55-41)29-35-8-5-10-37(24-35)46-51-27-39(28-52-46)64-31-33-17-20-56(21-18-33)30-44(60)50-19-3-1-2-6-32-11-12-40-38(22-32)26-53-58(48(40)63)42-14-15-43(59)54-47(42)62/h4-5,7-13,16,22-24,26-28,33,42H,1-3,6,14-15,17-21,29-31H2,(H,50,60)(H,54,59,62). The van der Waals surface area contributed by atoms with Crippen LogP contribution in [-0.2, 0) is 27.3 Å². The third-order valence-corrected chi connectivity index (χ3v) is 11.7. The number of rotatable bonds is 16. The number of nitrogens with zero attached hydrogens (tertiary/aromatic N) is 8. The van der Waals surface area contributed by atoms with E-state index in [4.69, 9.17) is 4.74 Å². The van der Waals surface area contributed by atoms with Crippen LogP contribution in [0.3, 0.4) is 0 Å². The number of amides is 3. The van der Waals surface area contributed by atoms with Crippen LogP contribution in [0.2, 0.25) is 0 Å². The minimum absolute atomic E-state index is 0.0289. The van der Waals surface area contributed by atoms with Crippen molar-refractivity contribution in [3.8, 4) is 34.5 Å². The van der Waals surface area contributed by atoms with Gasteiger partial charge in [-0.15, -0.1) is 0 Å². The number of hydrogen-bond donors (Lipinski definition) is 2. The number of hydrogen-bond acceptors (Lipinski definition) is 12. The predicted molar refractivity (Wildman–Crippen MR) is 238 cm³/mol. The number of unbranched alkanes of at least 4 members (excludes halogenated alkanes) is 2. The molecule has 1 atom stereocenters. The molecule has 2 saturated heterocycles. The summed E-state index contributed by atoms with van der Waals surface area (Å²) in [5, 5.41) is 24.6. The average Bonchev–Trinajstić information content (AvgIpc) is 3.31. The zero-order chi connectivity index (χ0) is 44.4. The van der Waals surface area contributed by atoms with Crippen LogP contribution >= 0.6 is 0 Å². The van der Waals surface area contributed by atoms with Crippen LogP contribution in [0.4, 0.5) is 0 Å². The third-order valence-electron chi connectivity index (χ3n) is 11.7. The lowest BCUT2D eigenvalue weighted by molar-refractivity contribution is -0.136. The molecule has 8 rings (SSSR count). The van der Waals surface area contributed by atoms with Crippen molar-refractivity contribution in [1.82, 2.24) is 45.1 Å². The van der Waals surface area contributed by atoms with Gasteiger partial charge < -0.3 is 10.1 Å². The molecule has 6 aromatic rings. The second-order valence-electron chi connectivity index (χ2n) is 16.3. The van der Waals surface area contributed by atoms with E-state index in [1.807, 2.05) is 42.5 Å². The van der Waals surface area contributed by atoms with E-state index in [2.05, 4.69) is 41.8 Å². The minimum Gasteiger partial charge on any atom is -0.490 e. The highest BCUT2D eigenvalue weighted by Crippen LogP contribution is 2.23. The Morgan fingerprint density at radius 2 is 1.67 bits per heavy atom. The summed E-state index contributed by atoms with van der Waals surface area (Å²) in [6, 6.07) is 24.9. The van der Waals surface area contributed by atoms with Crippen LogP contribution in [0.1, 0.15) is 67.7 Å². The van der Waals surface area contributed by atoms with Gasteiger partial charge in [0.2, 0.25) is 11.8 Å². The lowest BCUT2D eigenvalue weighted by atomic mass is 9.98. The van der Waals surface area contributed by atoms with Crippen LogP contribution in [-0.4, -0.2) is 84.9 Å². The lowest BCUT2D eigenvalue weighted by Crippen LogP contribution is -2.45. The van der Waals surface area contributed by atoms with Crippen molar-refractivity contribution in [2.75, 3.05) is 32.8 Å². The summed E-state index contributed by atoms with van der Waals surface area (Å²) in [5.41, 5.74) is 4.05. The molecule has 2 fully saturated rings. The van der Waals surface area contributed by atoms with Crippen molar-refractivity contribution in [1.29, 1.82) is 5.26 Å². The average molecular weight is 861 g/mol. The van der Waals surface area contributed by atoms with Gasteiger partial charge in [0.15, 0.2) is 11.6 Å². The predicted octanol–water partition coefficient (Wildman–Crippen LogP) is 4.59. The van der Waals surface area contributed by atoms with Crippen molar-refractivity contribution in [2.45, 2.75) is 64.0 Å². The van der Waals surface area contributed by atoms with Crippen LogP contribution in [0.15, 0.2) is 107 Å². The Hall–Kier alpha value is -7.38. The smallest absolute Gasteiger partial charge is 0.275 e. The lowest BCUT2D eigenvalue weighted by Gasteiger charge is -2.31. The number of benzene rings is 3. The van der Waals surface area contributed by atoms with Gasteiger partial charge >= 0.3 is 0 Å². The molecule has 0 bridgehead atoms. The van der Waals surface area contributed by atoms with Gasteiger partial charge in [0, 0.05) is 35.5 Å². The zero-order valence-electron chi connectivity index (χ0n) is 35.3. The number of aromatic nitrogens is 6. The van der Waals surface area contributed by atoms with Crippen LogP contribution < -0.4 is 26.5 Å². The van der Waals surface area contributed by atoms with Crippen LogP contribution in [0.5, 0.6) is 5.75 Å². The number of imide groups is 1. The second-order valence-corrected chi connectivity index (χ2v) is 16.3. The van der Waals surface area contributed by atoms with Crippen LogP contribution in [0, 0.1) is 17.2 Å². The minimum atomic E-state index is -0.791. The molecular weight excluding hydrogens is 813 g/mol. The summed E-state index contributed by atoms with van der Waals surface area (Å²) < 4.78 is 8.65. The zero-order valence-corrected chi connectivity index (χ0v) is 35.3. The number of likely N-dealkylation sites (tertiary alicyclic amines) is 1. The van der Waals surface area contributed by atoms with E-state index in [-0.39, 0.29) is 42.3 Å². The Morgan fingerprint density at radius 3 is 2.48 bits per heavy atom. The van der Waals surface area contributed by atoms with Gasteiger partial charge in [0.05, 0.1) is 61.0 Å². The number of aryl methyl sites for hydroxylation is 1. The fourth-order valence-corrected chi connectivity index (χ4v) is 8.14. The fraction of sp³-hybridized carbons (Fsp3) is 0.333. The highest BCUT2D eigenvalue weighted by Gasteiger charge is 2.30. The van der Waals surface area contributed by atoms with E-state index in [1.54, 1.807) is 48.9 Å². The Balaban J connectivity index is 0.717. The van der Waals surface area contributed by atoms with E-state index in [1.165, 1.54) is 15.4 Å². The van der Waals surface area contributed by atoms with Crippen LogP contribution in [0.25, 0.3) is 33.4 Å². The Labute approximate surface area is 368 Å². The molecule has 0 radical (unpaired) electrons. The molecule has 0 spiro atoms. The molecule has 2 aliphatic rings. The maximum absolute atomic E-state index is 13.1. The summed E-state index contributed by atoms with van der Waals surface area (Å²) in [4.78, 5) is 73.5. The van der Waals surface area contributed by atoms with Crippen molar-refractivity contribution < 1.29 is 19.1 Å². The Kier molecular flexibility index (Phi) is 13.7. The van der Waals surface area contributed by atoms with Gasteiger partial charge in [-0.2, -0.15) is 15.5 Å². The summed E-state index contributed by atoms with van der Waals surface area (Å²) in [7, 11) is 0. The molecule has 3 aromatic heterocycles. The summed E-state index contributed by atoms with van der Waals surface area (Å²) in [6.45, 7) is 3.42. The third kappa shape index (κ3) is 10.8. The topological polar surface area (TPSA) is 207 Å². The van der Waals surface area contributed by atoms with Gasteiger partial charge in [-0.25, -0.2) is 19.3 Å². The first-order valence-electron chi connectivity index (χ1n) is 21.6. The molecular formula is C48H48N10O6. The number of piperidine rings is 2. The van der Waals surface area contributed by atoms with E-state index < -0.39 is 11.9 Å². The summed E-state index contributed by atoms with van der Waals surface area (Å²) >= 11 is 0. The number of ether oxygens (including phenoxy) is 1. The second kappa shape index (κ2) is 20.2. The van der Waals surface area contributed by atoms with E-state index >= 15 is 0 Å². The molecule has 326 valence electrons. The SMILES string of the molecule is N#Cc1cccc(-c2ccc(=O)n(Cc3cccc(-c4ncc(OCC5CCN(CC(=O)NCCCCCc6ccc7c(=O)n(C8CCC(=O)NC8=O)ncc7c6)CC5)cn4)c3)n2)c1. The summed E-state index contributed by atoms with van der Waals surface area (Å²) in [5.74, 6) is 0.666. The quantitative estimate of drug-likeness (QED) is 0.101. The first kappa shape index (κ1) is 43.3. The first-order valence-corrected chi connectivity index (χ1v) is 21.6. The number of carbonyl (C=O) groups excluding carboxylic acids is 3. The molecule has 1 unspecified atom stereocenters. The van der Waals surface area contributed by atoms with E-state index in [9.17, 15) is 29.2 Å². The maximum atomic E-state index is 13.1. The van der Waals surface area contributed by atoms with Crippen molar-refractivity contribution in [3.63, 3.8) is 0 Å². The molecule has 5 heterocycles. The van der Waals surface area contributed by atoms with E-state index in [0.29, 0.717) is 59.2 Å². The molecule has 16 nitrogen and oxygen atoms in total. The van der Waals surface area contributed by atoms with Gasteiger partial charge in [-0.1, -0.05) is 42.8 Å². The monoisotopic (exact) mass is 860 g/mol. The van der Waals surface area contributed by atoms with Gasteiger partial charge in [-0.3, -0.25) is 34.2 Å². The van der Waals surface area contributed by atoms with Crippen molar-refractivity contribution >= 4 is 28.5 Å². The van der Waals surface area contributed by atoms with Gasteiger partial charge in [0.25, 0.3) is 17.0 Å². The first-order chi connectivity index (χ1) is 31.2. The molecule has 64 heavy (non-hydrogen) atoms. The molecule has 0 saturated carbocycles. The highest BCUT2D eigenvalue weighted by molar-refractivity contribution is 5.99. The Bertz CT molecular complexity index is 2830. The number of fused-ring (bicyclic) bond motifs is 1. The maximum Gasteiger partial charge on any atom is 0.275 e. The largest absolute Gasteiger partial charge is 0.490 e. The van der Waals surface area contributed by atoms with Gasteiger partial charge in [-0.05, 0) is 105 Å². The van der Waals surface area contributed by atoms with Gasteiger partial charge in [0.1, 0.15) is 6.04 Å². The molecule has 0 aliphatic carbocycles.